The first-order valence-corrected chi connectivity index (χ1v) is 12.1. The van der Waals surface area contributed by atoms with E-state index in [4.69, 9.17) is 19.6 Å². The summed E-state index contributed by atoms with van der Waals surface area (Å²) < 4.78 is 13.4. The first-order chi connectivity index (χ1) is 17.0. The van der Waals surface area contributed by atoms with Crippen molar-refractivity contribution in [2.45, 2.75) is 47.1 Å². The quantitative estimate of drug-likeness (QED) is 0.348. The fraction of sp³-hybridized carbons (Fsp3) is 0.321. The molecule has 2 aromatic carbocycles. The number of carbonyl (C=O) groups is 1. The first kappa shape index (κ1) is 24.3. The van der Waals surface area contributed by atoms with Gasteiger partial charge in [-0.3, -0.25) is 4.79 Å². The van der Waals surface area contributed by atoms with Gasteiger partial charge in [-0.2, -0.15) is 10.1 Å². The highest BCUT2D eigenvalue weighted by atomic mass is 16.5. The number of hydrogen-bond donors (Lipinski definition) is 1. The average Bonchev–Trinajstić information content (AvgIpc) is 3.20. The molecule has 182 valence electrons. The summed E-state index contributed by atoms with van der Waals surface area (Å²) in [4.78, 5) is 17.6. The molecular formula is C28H32N4O3. The van der Waals surface area contributed by atoms with Crippen LogP contribution >= 0.6 is 0 Å². The normalized spacial score (nSPS) is 11.0. The summed E-state index contributed by atoms with van der Waals surface area (Å²) in [6.45, 7) is 9.43. The van der Waals surface area contributed by atoms with E-state index in [1.165, 1.54) is 0 Å². The Bertz CT molecular complexity index is 1320. The predicted octanol–water partition coefficient (Wildman–Crippen LogP) is 5.08. The zero-order valence-corrected chi connectivity index (χ0v) is 20.8. The number of pyridine rings is 1. The SMILES string of the molecule is CCOc1ccccc1CNC(=O)CCc1c(OCC)nc2c(c(C)nn2-c2ccccc2)c1C. The number of ether oxygens (including phenoxy) is 2. The Morgan fingerprint density at radius 2 is 1.69 bits per heavy atom. The molecule has 0 fully saturated rings. The maximum atomic E-state index is 12.7. The van der Waals surface area contributed by atoms with Gasteiger partial charge in [-0.05, 0) is 57.9 Å². The fourth-order valence-corrected chi connectivity index (χ4v) is 4.30. The lowest BCUT2D eigenvalue weighted by Crippen LogP contribution is -2.23. The largest absolute Gasteiger partial charge is 0.494 e. The van der Waals surface area contributed by atoms with Crippen molar-refractivity contribution in [3.8, 4) is 17.3 Å². The maximum Gasteiger partial charge on any atom is 0.220 e. The third kappa shape index (κ3) is 5.29. The molecule has 0 aliphatic carbocycles. The van der Waals surface area contributed by atoms with Gasteiger partial charge in [-0.25, -0.2) is 4.68 Å². The van der Waals surface area contributed by atoms with Crippen LogP contribution in [-0.4, -0.2) is 33.9 Å². The molecule has 0 spiro atoms. The zero-order valence-electron chi connectivity index (χ0n) is 20.8. The lowest BCUT2D eigenvalue weighted by molar-refractivity contribution is -0.121. The molecule has 2 aromatic heterocycles. The summed E-state index contributed by atoms with van der Waals surface area (Å²) in [5.74, 6) is 1.32. The Hall–Kier alpha value is -3.87. The van der Waals surface area contributed by atoms with Crippen molar-refractivity contribution in [3.63, 3.8) is 0 Å². The van der Waals surface area contributed by atoms with Crippen LogP contribution in [0, 0.1) is 13.8 Å². The highest BCUT2D eigenvalue weighted by Crippen LogP contribution is 2.32. The lowest BCUT2D eigenvalue weighted by Gasteiger charge is -2.14. The van der Waals surface area contributed by atoms with Crippen molar-refractivity contribution in [2.75, 3.05) is 13.2 Å². The molecule has 35 heavy (non-hydrogen) atoms. The first-order valence-electron chi connectivity index (χ1n) is 12.1. The number of fused-ring (bicyclic) bond motifs is 1. The predicted molar refractivity (Wildman–Crippen MR) is 137 cm³/mol. The van der Waals surface area contributed by atoms with Gasteiger partial charge in [0.2, 0.25) is 11.8 Å². The number of carbonyl (C=O) groups excluding carboxylic acids is 1. The molecule has 0 bridgehead atoms. The second-order valence-corrected chi connectivity index (χ2v) is 8.30. The van der Waals surface area contributed by atoms with E-state index in [1.807, 2.05) is 80.1 Å². The van der Waals surface area contributed by atoms with Crippen LogP contribution in [0.5, 0.6) is 11.6 Å². The second-order valence-electron chi connectivity index (χ2n) is 8.30. The second kappa shape index (κ2) is 11.0. The van der Waals surface area contributed by atoms with Crippen LogP contribution in [0.3, 0.4) is 0 Å². The molecule has 4 rings (SSSR count). The lowest BCUT2D eigenvalue weighted by atomic mass is 10.0. The van der Waals surface area contributed by atoms with Gasteiger partial charge in [0.1, 0.15) is 5.75 Å². The third-order valence-corrected chi connectivity index (χ3v) is 5.96. The number of nitrogens with one attached hydrogen (secondary N) is 1. The highest BCUT2D eigenvalue weighted by molar-refractivity contribution is 5.86. The summed E-state index contributed by atoms with van der Waals surface area (Å²) in [6, 6.07) is 17.7. The van der Waals surface area contributed by atoms with Gasteiger partial charge in [-0.1, -0.05) is 36.4 Å². The number of aromatic nitrogens is 3. The molecule has 0 saturated carbocycles. The molecule has 1 N–H and O–H groups in total. The molecule has 0 aliphatic heterocycles. The van der Waals surface area contributed by atoms with Crippen LogP contribution in [-0.2, 0) is 17.8 Å². The Balaban J connectivity index is 1.56. The number of rotatable bonds is 10. The topological polar surface area (TPSA) is 78.3 Å². The number of aryl methyl sites for hydroxylation is 2. The Morgan fingerprint density at radius 1 is 0.971 bits per heavy atom. The van der Waals surface area contributed by atoms with E-state index in [9.17, 15) is 4.79 Å². The summed E-state index contributed by atoms with van der Waals surface area (Å²) in [7, 11) is 0. The van der Waals surface area contributed by atoms with E-state index >= 15 is 0 Å². The van der Waals surface area contributed by atoms with E-state index in [-0.39, 0.29) is 5.91 Å². The Labute approximate surface area is 206 Å². The number of benzene rings is 2. The van der Waals surface area contributed by atoms with Crippen LogP contribution in [0.25, 0.3) is 16.7 Å². The summed E-state index contributed by atoms with van der Waals surface area (Å²) in [6.07, 6.45) is 0.857. The molecular weight excluding hydrogens is 440 g/mol. The van der Waals surface area contributed by atoms with Gasteiger partial charge in [0, 0.05) is 29.5 Å². The molecule has 0 unspecified atom stereocenters. The van der Waals surface area contributed by atoms with E-state index in [0.717, 1.165) is 44.9 Å². The number of nitrogens with zero attached hydrogens (tertiary/aromatic N) is 3. The average molecular weight is 473 g/mol. The number of amides is 1. The maximum absolute atomic E-state index is 12.7. The minimum absolute atomic E-state index is 0.0325. The Kier molecular flexibility index (Phi) is 7.65. The molecule has 1 amide bonds. The molecule has 7 nitrogen and oxygen atoms in total. The molecule has 0 radical (unpaired) electrons. The van der Waals surface area contributed by atoms with Crippen LogP contribution in [0.1, 0.15) is 42.7 Å². The van der Waals surface area contributed by atoms with Crippen molar-refractivity contribution >= 4 is 16.9 Å². The molecule has 4 aromatic rings. The van der Waals surface area contributed by atoms with Gasteiger partial charge >= 0.3 is 0 Å². The fourth-order valence-electron chi connectivity index (χ4n) is 4.30. The van der Waals surface area contributed by atoms with Gasteiger partial charge in [0.15, 0.2) is 5.65 Å². The zero-order chi connectivity index (χ0) is 24.8. The third-order valence-electron chi connectivity index (χ3n) is 5.96. The highest BCUT2D eigenvalue weighted by Gasteiger charge is 2.20. The molecule has 0 aliphatic rings. The van der Waals surface area contributed by atoms with Gasteiger partial charge in [0.25, 0.3) is 0 Å². The molecule has 0 saturated heterocycles. The van der Waals surface area contributed by atoms with E-state index in [0.29, 0.717) is 38.5 Å². The molecule has 2 heterocycles. The van der Waals surface area contributed by atoms with Crippen molar-refractivity contribution < 1.29 is 14.3 Å². The van der Waals surface area contributed by atoms with Crippen molar-refractivity contribution in [2.24, 2.45) is 0 Å². The van der Waals surface area contributed by atoms with Crippen LogP contribution in [0.15, 0.2) is 54.6 Å². The number of para-hydroxylation sites is 2. The minimum atomic E-state index is -0.0325. The van der Waals surface area contributed by atoms with Crippen LogP contribution < -0.4 is 14.8 Å². The van der Waals surface area contributed by atoms with Crippen molar-refractivity contribution in [1.29, 1.82) is 0 Å². The van der Waals surface area contributed by atoms with Crippen LogP contribution in [0.4, 0.5) is 0 Å². The van der Waals surface area contributed by atoms with E-state index in [2.05, 4.69) is 12.2 Å². The number of hydrogen-bond acceptors (Lipinski definition) is 5. The summed E-state index contributed by atoms with van der Waals surface area (Å²) in [5.41, 5.74) is 5.55. The monoisotopic (exact) mass is 472 g/mol. The standard InChI is InChI=1S/C28H32N4O3/c1-5-34-24-15-11-10-12-21(24)18-29-25(33)17-16-23-19(3)26-20(4)31-32(22-13-8-7-9-14-22)27(26)30-28(23)35-6-2/h7-15H,5-6,16-18H2,1-4H3,(H,29,33). The smallest absolute Gasteiger partial charge is 0.220 e. The van der Waals surface area contributed by atoms with Gasteiger partial charge in [-0.15, -0.1) is 0 Å². The van der Waals surface area contributed by atoms with Gasteiger partial charge in [0.05, 0.1) is 24.6 Å². The minimum Gasteiger partial charge on any atom is -0.494 e. The van der Waals surface area contributed by atoms with E-state index < -0.39 is 0 Å². The molecule has 7 heteroatoms. The summed E-state index contributed by atoms with van der Waals surface area (Å²) >= 11 is 0. The van der Waals surface area contributed by atoms with Crippen molar-refractivity contribution in [3.05, 3.63) is 77.0 Å². The summed E-state index contributed by atoms with van der Waals surface area (Å²) in [5, 5.41) is 8.77. The van der Waals surface area contributed by atoms with Crippen molar-refractivity contribution in [1.82, 2.24) is 20.1 Å². The van der Waals surface area contributed by atoms with Gasteiger partial charge < -0.3 is 14.8 Å². The Morgan fingerprint density at radius 3 is 2.43 bits per heavy atom. The van der Waals surface area contributed by atoms with E-state index in [1.54, 1.807) is 0 Å². The molecule has 0 atom stereocenters. The van der Waals surface area contributed by atoms with Crippen LogP contribution in [0.2, 0.25) is 0 Å².